The molecule has 0 aromatic heterocycles. The summed E-state index contributed by atoms with van der Waals surface area (Å²) in [5, 5.41) is 0. The number of halogens is 1. The van der Waals surface area contributed by atoms with Crippen molar-refractivity contribution in [2.45, 2.75) is 39.4 Å². The molecular weight excluding hydrogens is 443 g/mol. The van der Waals surface area contributed by atoms with Gasteiger partial charge in [0.15, 0.2) is 12.4 Å². The fourth-order valence-corrected chi connectivity index (χ4v) is 4.50. The molecule has 1 heterocycles. The van der Waals surface area contributed by atoms with E-state index >= 15 is 0 Å². The molecule has 1 aliphatic rings. The number of hydrogen-bond acceptors (Lipinski definition) is 4. The van der Waals surface area contributed by atoms with Crippen LogP contribution in [0.3, 0.4) is 0 Å². The minimum atomic E-state index is -0.243. The number of rotatable bonds is 7. The molecule has 0 spiro atoms. The van der Waals surface area contributed by atoms with Crippen LogP contribution in [-0.4, -0.2) is 53.3 Å². The van der Waals surface area contributed by atoms with Gasteiger partial charge in [0.25, 0.3) is 5.91 Å². The highest BCUT2D eigenvalue weighted by Gasteiger charge is 2.32. The van der Waals surface area contributed by atoms with Crippen molar-refractivity contribution in [1.82, 2.24) is 9.80 Å². The third kappa shape index (κ3) is 5.95. The summed E-state index contributed by atoms with van der Waals surface area (Å²) >= 11 is 0. The van der Waals surface area contributed by atoms with Gasteiger partial charge in [-0.15, -0.1) is 0 Å². The predicted molar refractivity (Wildman–Crippen MR) is 134 cm³/mol. The van der Waals surface area contributed by atoms with E-state index in [9.17, 15) is 14.0 Å². The minimum absolute atomic E-state index is 0.00573. The molecule has 182 valence electrons. The van der Waals surface area contributed by atoms with Gasteiger partial charge in [-0.2, -0.15) is 0 Å². The Kier molecular flexibility index (Phi) is 7.61. The second-order valence-electron chi connectivity index (χ2n) is 9.28. The molecule has 1 amide bonds. The third-order valence-corrected chi connectivity index (χ3v) is 6.50. The molecule has 0 radical (unpaired) electrons. The second kappa shape index (κ2) is 10.8. The lowest BCUT2D eigenvalue weighted by molar-refractivity contribution is -0.139. The highest BCUT2D eigenvalue weighted by Crippen LogP contribution is 2.24. The molecule has 0 N–H and O–H groups in total. The molecule has 1 aliphatic heterocycles. The third-order valence-electron chi connectivity index (χ3n) is 6.50. The molecule has 0 saturated carbocycles. The number of aryl methyl sites for hydroxylation is 1. The zero-order chi connectivity index (χ0) is 24.9. The Balaban J connectivity index is 1.40. The van der Waals surface area contributed by atoms with Gasteiger partial charge >= 0.3 is 0 Å². The highest BCUT2D eigenvalue weighted by atomic mass is 19.1. The van der Waals surface area contributed by atoms with Gasteiger partial charge in [-0.3, -0.25) is 14.5 Å². The summed E-state index contributed by atoms with van der Waals surface area (Å²) in [5.74, 6) is -0.0705. The van der Waals surface area contributed by atoms with E-state index in [-0.39, 0.29) is 36.2 Å². The summed E-state index contributed by atoms with van der Waals surface area (Å²) in [6, 6.07) is 21.2. The fourth-order valence-electron chi connectivity index (χ4n) is 4.50. The number of ketones is 1. The zero-order valence-corrected chi connectivity index (χ0v) is 20.4. The van der Waals surface area contributed by atoms with E-state index in [2.05, 4.69) is 11.8 Å². The molecule has 1 saturated heterocycles. The molecular formula is C29H31FN2O3. The molecule has 35 heavy (non-hydrogen) atoms. The average Bonchev–Trinajstić information content (AvgIpc) is 2.86. The van der Waals surface area contributed by atoms with E-state index in [1.807, 2.05) is 43.0 Å². The second-order valence-corrected chi connectivity index (χ2v) is 9.28. The van der Waals surface area contributed by atoms with Crippen LogP contribution in [-0.2, 0) is 11.3 Å². The molecule has 3 aromatic carbocycles. The number of piperazine rings is 1. The molecule has 2 atom stereocenters. The van der Waals surface area contributed by atoms with Crippen molar-refractivity contribution < 1.29 is 18.7 Å². The van der Waals surface area contributed by atoms with Gasteiger partial charge in [0, 0.05) is 37.3 Å². The van der Waals surface area contributed by atoms with Crippen LogP contribution in [0.5, 0.6) is 5.75 Å². The first-order chi connectivity index (χ1) is 16.8. The highest BCUT2D eigenvalue weighted by molar-refractivity contribution is 6.10. The first kappa shape index (κ1) is 24.6. The summed E-state index contributed by atoms with van der Waals surface area (Å²) in [6.45, 7) is 7.91. The lowest BCUT2D eigenvalue weighted by Gasteiger charge is -2.44. The van der Waals surface area contributed by atoms with Crippen LogP contribution in [0.2, 0.25) is 0 Å². The molecule has 2 unspecified atom stereocenters. The van der Waals surface area contributed by atoms with Crippen molar-refractivity contribution in [3.8, 4) is 5.75 Å². The van der Waals surface area contributed by atoms with Gasteiger partial charge < -0.3 is 9.64 Å². The maximum atomic E-state index is 13.2. The van der Waals surface area contributed by atoms with Crippen LogP contribution in [0.4, 0.5) is 4.39 Å². The average molecular weight is 475 g/mol. The normalized spacial score (nSPS) is 18.3. The fraction of sp³-hybridized carbons (Fsp3) is 0.310. The van der Waals surface area contributed by atoms with Crippen LogP contribution in [0.25, 0.3) is 0 Å². The number of hydrogen-bond donors (Lipinski definition) is 0. The van der Waals surface area contributed by atoms with Crippen molar-refractivity contribution >= 4 is 11.7 Å². The number of amides is 1. The van der Waals surface area contributed by atoms with Gasteiger partial charge in [-0.25, -0.2) is 4.39 Å². The van der Waals surface area contributed by atoms with Crippen molar-refractivity contribution in [2.24, 2.45) is 0 Å². The van der Waals surface area contributed by atoms with E-state index < -0.39 is 0 Å². The smallest absolute Gasteiger partial charge is 0.260 e. The molecule has 6 heteroatoms. The summed E-state index contributed by atoms with van der Waals surface area (Å²) in [7, 11) is 0. The Morgan fingerprint density at radius 2 is 1.66 bits per heavy atom. The van der Waals surface area contributed by atoms with Gasteiger partial charge in [-0.05, 0) is 50.6 Å². The van der Waals surface area contributed by atoms with Gasteiger partial charge in [0.05, 0.1) is 5.56 Å². The first-order valence-corrected chi connectivity index (χ1v) is 11.9. The quantitative estimate of drug-likeness (QED) is 0.459. The van der Waals surface area contributed by atoms with E-state index in [1.165, 1.54) is 12.1 Å². The zero-order valence-electron chi connectivity index (χ0n) is 20.4. The maximum Gasteiger partial charge on any atom is 0.260 e. The molecule has 0 bridgehead atoms. The Morgan fingerprint density at radius 3 is 2.37 bits per heavy atom. The summed E-state index contributed by atoms with van der Waals surface area (Å²) in [6.07, 6.45) is 0. The van der Waals surface area contributed by atoms with Gasteiger partial charge in [0.2, 0.25) is 0 Å². The van der Waals surface area contributed by atoms with Crippen molar-refractivity contribution in [1.29, 1.82) is 0 Å². The van der Waals surface area contributed by atoms with Gasteiger partial charge in [-0.1, -0.05) is 54.1 Å². The summed E-state index contributed by atoms with van der Waals surface area (Å²) in [5.41, 5.74) is 3.02. The first-order valence-electron chi connectivity index (χ1n) is 11.9. The van der Waals surface area contributed by atoms with E-state index in [1.54, 1.807) is 36.4 Å². The summed E-state index contributed by atoms with van der Waals surface area (Å²) in [4.78, 5) is 30.3. The Morgan fingerprint density at radius 1 is 0.943 bits per heavy atom. The van der Waals surface area contributed by atoms with E-state index in [0.29, 0.717) is 36.5 Å². The van der Waals surface area contributed by atoms with Crippen LogP contribution >= 0.6 is 0 Å². The van der Waals surface area contributed by atoms with Gasteiger partial charge in [0.1, 0.15) is 11.6 Å². The Bertz CT molecular complexity index is 1180. The number of carbonyl (C=O) groups is 2. The molecule has 5 nitrogen and oxygen atoms in total. The number of ether oxygens (including phenoxy) is 1. The van der Waals surface area contributed by atoms with Crippen molar-refractivity contribution in [3.05, 3.63) is 101 Å². The number of carbonyl (C=O) groups excluding carboxylic acids is 2. The van der Waals surface area contributed by atoms with Crippen LogP contribution in [0.1, 0.15) is 40.9 Å². The standard InChI is InChI=1S/C29H31FN2O3/c1-20-9-14-27(26(15-20)29(34)24-7-5-4-6-8-24)35-19-28(33)32-17-21(2)31(16-22(32)3)18-23-10-12-25(30)13-11-23/h4-15,21-22H,16-19H2,1-3H3. The number of benzene rings is 3. The largest absolute Gasteiger partial charge is 0.483 e. The monoisotopic (exact) mass is 474 g/mol. The topological polar surface area (TPSA) is 49.9 Å². The maximum absolute atomic E-state index is 13.2. The lowest BCUT2D eigenvalue weighted by Crippen LogP contribution is -2.58. The number of nitrogens with zero attached hydrogens (tertiary/aromatic N) is 2. The van der Waals surface area contributed by atoms with Crippen LogP contribution in [0.15, 0.2) is 72.8 Å². The molecule has 4 rings (SSSR count). The van der Waals surface area contributed by atoms with Crippen LogP contribution in [0, 0.1) is 12.7 Å². The lowest BCUT2D eigenvalue weighted by atomic mass is 10.0. The molecule has 1 fully saturated rings. The van der Waals surface area contributed by atoms with Crippen molar-refractivity contribution in [2.75, 3.05) is 19.7 Å². The summed E-state index contributed by atoms with van der Waals surface area (Å²) < 4.78 is 19.1. The van der Waals surface area contributed by atoms with Crippen molar-refractivity contribution in [3.63, 3.8) is 0 Å². The van der Waals surface area contributed by atoms with E-state index in [0.717, 1.165) is 11.1 Å². The minimum Gasteiger partial charge on any atom is -0.483 e. The molecule has 0 aliphatic carbocycles. The Labute approximate surface area is 206 Å². The SMILES string of the molecule is Cc1ccc(OCC(=O)N2CC(C)N(Cc3ccc(F)cc3)CC2C)c(C(=O)c2ccccc2)c1. The van der Waals surface area contributed by atoms with E-state index in [4.69, 9.17) is 4.74 Å². The molecule has 3 aromatic rings. The predicted octanol–water partition coefficient (Wildman–Crippen LogP) is 4.87. The Hall–Kier alpha value is -3.51. The van der Waals surface area contributed by atoms with Crippen LogP contribution < -0.4 is 4.74 Å².